The Hall–Kier alpha value is -3.39. The Morgan fingerprint density at radius 1 is 1.29 bits per heavy atom. The summed E-state index contributed by atoms with van der Waals surface area (Å²) >= 11 is 5.61. The van der Waals surface area contributed by atoms with Crippen LogP contribution in [-0.4, -0.2) is 30.9 Å². The molecule has 0 amide bonds. The van der Waals surface area contributed by atoms with E-state index in [2.05, 4.69) is 11.9 Å². The lowest BCUT2D eigenvalue weighted by Crippen LogP contribution is -2.48. The molecule has 1 atom stereocenters. The van der Waals surface area contributed by atoms with Crippen LogP contribution in [0.15, 0.2) is 66.4 Å². The van der Waals surface area contributed by atoms with Crippen LogP contribution in [0.4, 0.5) is 10.1 Å². The van der Waals surface area contributed by atoms with Gasteiger partial charge in [0.2, 0.25) is 0 Å². The van der Waals surface area contributed by atoms with Crippen molar-refractivity contribution in [2.24, 2.45) is 0 Å². The van der Waals surface area contributed by atoms with Gasteiger partial charge < -0.3 is 19.5 Å². The van der Waals surface area contributed by atoms with Crippen LogP contribution in [0.3, 0.4) is 0 Å². The largest absolute Gasteiger partial charge is 0.486 e. The molecule has 0 aromatic heterocycles. The summed E-state index contributed by atoms with van der Waals surface area (Å²) < 4.78 is 31.2. The van der Waals surface area contributed by atoms with Gasteiger partial charge in [-0.05, 0) is 37.3 Å². The zero-order valence-electron chi connectivity index (χ0n) is 16.9. The first-order valence-electron chi connectivity index (χ1n) is 9.74. The first kappa shape index (κ1) is 20.9. The highest BCUT2D eigenvalue weighted by molar-refractivity contribution is 7.80. The predicted molar refractivity (Wildman–Crippen MR) is 119 cm³/mol. The van der Waals surface area contributed by atoms with Gasteiger partial charge in [0.25, 0.3) is 0 Å². The third kappa shape index (κ3) is 3.98. The first-order chi connectivity index (χ1) is 15.0. The second-order valence-corrected chi connectivity index (χ2v) is 7.34. The van der Waals surface area contributed by atoms with E-state index < -0.39 is 17.8 Å². The Bertz CT molecular complexity index is 1080. The maximum atomic E-state index is 14.6. The summed E-state index contributed by atoms with van der Waals surface area (Å²) in [6.45, 7) is 6.30. The quantitative estimate of drug-likeness (QED) is 0.428. The van der Waals surface area contributed by atoms with E-state index in [1.165, 1.54) is 12.1 Å². The van der Waals surface area contributed by atoms with E-state index in [-0.39, 0.29) is 12.2 Å². The molecule has 0 spiro atoms. The average molecular weight is 440 g/mol. The number of halogens is 1. The van der Waals surface area contributed by atoms with E-state index >= 15 is 0 Å². The van der Waals surface area contributed by atoms with Gasteiger partial charge in [0.1, 0.15) is 25.6 Å². The van der Waals surface area contributed by atoms with Crippen LogP contribution in [-0.2, 0) is 9.53 Å². The molecule has 2 aliphatic heterocycles. The molecule has 160 valence electrons. The van der Waals surface area contributed by atoms with Gasteiger partial charge in [0.15, 0.2) is 16.6 Å². The van der Waals surface area contributed by atoms with Gasteiger partial charge in [-0.15, -0.1) is 0 Å². The molecule has 0 radical (unpaired) electrons. The van der Waals surface area contributed by atoms with Crippen molar-refractivity contribution in [1.29, 1.82) is 0 Å². The summed E-state index contributed by atoms with van der Waals surface area (Å²) in [7, 11) is 0. The van der Waals surface area contributed by atoms with Gasteiger partial charge >= 0.3 is 5.97 Å². The maximum Gasteiger partial charge on any atom is 0.338 e. The molecule has 6 nitrogen and oxygen atoms in total. The summed E-state index contributed by atoms with van der Waals surface area (Å²) in [6.07, 6.45) is 1.48. The average Bonchev–Trinajstić information content (AvgIpc) is 2.77. The molecule has 0 fully saturated rings. The molecule has 8 heteroatoms. The minimum absolute atomic E-state index is 0.0358. The zero-order valence-corrected chi connectivity index (χ0v) is 17.7. The van der Waals surface area contributed by atoms with Crippen molar-refractivity contribution < 1.29 is 23.4 Å². The molecule has 2 aliphatic rings. The van der Waals surface area contributed by atoms with Crippen LogP contribution in [0.5, 0.6) is 11.5 Å². The van der Waals surface area contributed by atoms with Crippen LogP contribution in [0.1, 0.15) is 18.5 Å². The number of carbonyl (C=O) groups excluding carboxylic acids is 1. The van der Waals surface area contributed by atoms with Crippen molar-refractivity contribution >= 4 is 29.0 Å². The number of nitrogens with one attached hydrogen (secondary N) is 1. The summed E-state index contributed by atoms with van der Waals surface area (Å²) in [4.78, 5) is 14.7. The topological polar surface area (TPSA) is 60.0 Å². The Morgan fingerprint density at radius 2 is 2.03 bits per heavy atom. The highest BCUT2D eigenvalue weighted by atomic mass is 32.1. The minimum atomic E-state index is -0.792. The fraction of sp³-hybridized carbons (Fsp3) is 0.217. The van der Waals surface area contributed by atoms with Gasteiger partial charge in [-0.2, -0.15) is 0 Å². The number of hydrogen-bond donors (Lipinski definition) is 1. The number of nitrogens with zero attached hydrogens (tertiary/aromatic N) is 1. The third-order valence-corrected chi connectivity index (χ3v) is 5.34. The van der Waals surface area contributed by atoms with Crippen molar-refractivity contribution in [3.63, 3.8) is 0 Å². The second-order valence-electron chi connectivity index (χ2n) is 6.95. The number of carbonyl (C=O) groups is 1. The van der Waals surface area contributed by atoms with E-state index in [0.717, 1.165) is 0 Å². The summed E-state index contributed by atoms with van der Waals surface area (Å²) in [6, 6.07) is 10.9. The number of benzene rings is 2. The molecule has 0 saturated carbocycles. The minimum Gasteiger partial charge on any atom is -0.486 e. The Balaban J connectivity index is 1.81. The van der Waals surface area contributed by atoms with Gasteiger partial charge in [-0.3, -0.25) is 4.90 Å². The number of thiocarbonyl (C=S) groups is 1. The molecule has 0 bridgehead atoms. The van der Waals surface area contributed by atoms with Gasteiger partial charge in [0, 0.05) is 17.3 Å². The van der Waals surface area contributed by atoms with E-state index in [1.54, 1.807) is 42.2 Å². The lowest BCUT2D eigenvalue weighted by Gasteiger charge is -2.37. The van der Waals surface area contributed by atoms with Crippen molar-refractivity contribution in [3.05, 3.63) is 77.8 Å². The number of anilines is 1. The molecule has 2 aromatic rings. The van der Waals surface area contributed by atoms with Gasteiger partial charge in [-0.1, -0.05) is 30.9 Å². The fourth-order valence-electron chi connectivity index (χ4n) is 3.64. The highest BCUT2D eigenvalue weighted by Crippen LogP contribution is 2.39. The van der Waals surface area contributed by atoms with Crippen molar-refractivity contribution in [2.45, 2.75) is 13.0 Å². The molecule has 0 saturated heterocycles. The predicted octanol–water partition coefficient (Wildman–Crippen LogP) is 4.04. The fourth-order valence-corrected chi connectivity index (χ4v) is 4.00. The normalized spacial score (nSPS) is 17.8. The maximum absolute atomic E-state index is 14.6. The number of fused-ring (bicyclic) bond motifs is 1. The molecule has 2 heterocycles. The molecule has 0 aliphatic carbocycles. The molecule has 2 aromatic carbocycles. The van der Waals surface area contributed by atoms with Gasteiger partial charge in [-0.25, -0.2) is 9.18 Å². The second kappa shape index (κ2) is 8.77. The number of esters is 1. The molecule has 4 rings (SSSR count). The number of hydrogen-bond acceptors (Lipinski definition) is 5. The molecular formula is C23H21FN2O4S. The van der Waals surface area contributed by atoms with E-state index in [4.69, 9.17) is 26.4 Å². The Labute approximate surface area is 184 Å². The third-order valence-electron chi connectivity index (χ3n) is 5.04. The van der Waals surface area contributed by atoms with Crippen LogP contribution in [0.25, 0.3) is 0 Å². The smallest absolute Gasteiger partial charge is 0.338 e. The standard InChI is InChI=1S/C23H21FN2O4S/c1-3-10-30-22(27)20-14(2)26(15-8-9-18-19(13-15)29-12-11-28-18)23(31)25-21(20)16-6-4-5-7-17(16)24/h3-9,13,21H,1,10-12H2,2H3,(H,25,31). The number of allylic oxidation sites excluding steroid dienone is 1. The van der Waals surface area contributed by atoms with Crippen LogP contribution >= 0.6 is 12.2 Å². The van der Waals surface area contributed by atoms with Crippen LogP contribution in [0.2, 0.25) is 0 Å². The summed E-state index contributed by atoms with van der Waals surface area (Å²) in [5.41, 5.74) is 1.77. The molecule has 31 heavy (non-hydrogen) atoms. The lowest BCUT2D eigenvalue weighted by molar-refractivity contribution is -0.138. The SMILES string of the molecule is C=CCOC(=O)C1=C(C)N(c2ccc3c(c2)OCCO3)C(=S)NC1c1ccccc1F. The monoisotopic (exact) mass is 440 g/mol. The van der Waals surface area contributed by atoms with Crippen molar-refractivity contribution in [3.8, 4) is 11.5 Å². The van der Waals surface area contributed by atoms with Crippen LogP contribution in [0, 0.1) is 5.82 Å². The Morgan fingerprint density at radius 3 is 2.77 bits per heavy atom. The first-order valence-corrected chi connectivity index (χ1v) is 10.2. The van der Waals surface area contributed by atoms with Crippen LogP contribution < -0.4 is 19.7 Å². The lowest BCUT2D eigenvalue weighted by atomic mass is 9.94. The van der Waals surface area contributed by atoms with Crippen molar-refractivity contribution in [1.82, 2.24) is 5.32 Å². The summed E-state index contributed by atoms with van der Waals surface area (Å²) in [5, 5.41) is 3.42. The van der Waals surface area contributed by atoms with Crippen molar-refractivity contribution in [2.75, 3.05) is 24.7 Å². The van der Waals surface area contributed by atoms with Gasteiger partial charge in [0.05, 0.1) is 17.3 Å². The summed E-state index contributed by atoms with van der Waals surface area (Å²) in [5.74, 6) is 0.203. The molecule has 1 N–H and O–H groups in total. The Kier molecular flexibility index (Phi) is 5.90. The molecule has 1 unspecified atom stereocenters. The number of rotatable bonds is 5. The van der Waals surface area contributed by atoms with E-state index in [1.807, 2.05) is 6.07 Å². The zero-order chi connectivity index (χ0) is 22.0. The number of ether oxygens (including phenoxy) is 3. The van der Waals surface area contributed by atoms with E-state index in [0.29, 0.717) is 46.8 Å². The highest BCUT2D eigenvalue weighted by Gasteiger charge is 2.36. The van der Waals surface area contributed by atoms with E-state index in [9.17, 15) is 9.18 Å². The molecular weight excluding hydrogens is 419 g/mol.